The van der Waals surface area contributed by atoms with Crippen LogP contribution in [0.3, 0.4) is 0 Å². The van der Waals surface area contributed by atoms with Crippen molar-refractivity contribution in [1.82, 2.24) is 48.7 Å². The summed E-state index contributed by atoms with van der Waals surface area (Å²) in [6.45, 7) is 11.7. The summed E-state index contributed by atoms with van der Waals surface area (Å²) in [5.41, 5.74) is 4.09. The van der Waals surface area contributed by atoms with Crippen LogP contribution in [0.5, 0.6) is 11.5 Å². The van der Waals surface area contributed by atoms with E-state index in [2.05, 4.69) is 55.2 Å². The van der Waals surface area contributed by atoms with Gasteiger partial charge in [-0.3, -0.25) is 23.9 Å². The van der Waals surface area contributed by atoms with Gasteiger partial charge in [-0.1, -0.05) is 59.7 Å². The van der Waals surface area contributed by atoms with Crippen LogP contribution in [0.1, 0.15) is 91.3 Å². The number of aryl methyl sites for hydroxylation is 2. The quantitative estimate of drug-likeness (QED) is 0.0544. The minimum atomic E-state index is -0.630. The molecule has 3 aliphatic rings. The topological polar surface area (TPSA) is 184 Å². The number of hydrogen-bond acceptors (Lipinski definition) is 13. The number of aromatic nitrogens is 6. The Morgan fingerprint density at radius 1 is 0.835 bits per heavy atom. The molecule has 20 heteroatoms. The molecular formula is C59H69FN10O7S2. The fourth-order valence-electron chi connectivity index (χ4n) is 10.9. The van der Waals surface area contributed by atoms with Gasteiger partial charge in [0, 0.05) is 97.9 Å². The maximum absolute atomic E-state index is 15.2. The maximum atomic E-state index is 15.2. The van der Waals surface area contributed by atoms with Gasteiger partial charge in [-0.15, -0.1) is 10.2 Å². The highest BCUT2D eigenvalue weighted by Gasteiger charge is 2.36. The molecule has 1 aliphatic carbocycles. The number of benzene rings is 4. The molecule has 0 atom stereocenters. The van der Waals surface area contributed by atoms with Crippen LogP contribution in [0.4, 0.5) is 9.18 Å². The molecule has 2 aliphatic heterocycles. The fourth-order valence-corrected chi connectivity index (χ4v) is 12.8. The zero-order valence-corrected chi connectivity index (χ0v) is 47.0. The normalized spacial score (nSPS) is 15.4. The number of amides is 3. The van der Waals surface area contributed by atoms with Gasteiger partial charge in [0.25, 0.3) is 11.5 Å². The first kappa shape index (κ1) is 55.4. The Labute approximate surface area is 467 Å². The van der Waals surface area contributed by atoms with Gasteiger partial charge in [0.1, 0.15) is 36.4 Å². The Morgan fingerprint density at radius 2 is 1.58 bits per heavy atom. The van der Waals surface area contributed by atoms with Crippen LogP contribution in [-0.2, 0) is 29.2 Å². The molecule has 0 spiro atoms. The number of halogens is 1. The van der Waals surface area contributed by atoms with Gasteiger partial charge in [-0.2, -0.15) is 5.10 Å². The predicted octanol–water partition coefficient (Wildman–Crippen LogP) is 9.47. The van der Waals surface area contributed by atoms with E-state index in [0.29, 0.717) is 77.1 Å². The number of likely N-dealkylation sites (tertiary alicyclic amines) is 1. The second-order valence-electron chi connectivity index (χ2n) is 21.4. The monoisotopic (exact) mass is 1110 g/mol. The van der Waals surface area contributed by atoms with E-state index in [0.717, 1.165) is 74.3 Å². The molecule has 5 heterocycles. The molecule has 17 nitrogen and oxygen atoms in total. The summed E-state index contributed by atoms with van der Waals surface area (Å²) in [5.74, 6) is 2.77. The number of nitrogens with zero attached hydrogens (tertiary/aromatic N) is 10. The van der Waals surface area contributed by atoms with Crippen molar-refractivity contribution in [3.8, 4) is 28.6 Å². The number of phenols is 2. The summed E-state index contributed by atoms with van der Waals surface area (Å²) < 4.78 is 26.3. The molecule has 3 fully saturated rings. The Balaban J connectivity index is 0.630. The number of aromatic hydroxyl groups is 2. The SMILES string of the molecule is Cc1nnc(-c2cc(C(C)C)c(O)cc2O)n1-c1ccc2c(ccn2CCC2CCN(CCCSSCCOC(=O)N(C)Cn3nc(Cc4ccc(F)c(C(=O)N5CCN(C(=O)C6CC6)CC5)c4)c4ccccc4c3=O)CC2)c1. The molecule has 10 rings (SSSR count). The number of ether oxygens (including phenoxy) is 1. The van der Waals surface area contributed by atoms with Crippen LogP contribution in [0.25, 0.3) is 38.8 Å². The summed E-state index contributed by atoms with van der Waals surface area (Å²) in [4.78, 5) is 60.1. The Kier molecular flexibility index (Phi) is 17.3. The third-order valence-electron chi connectivity index (χ3n) is 15.5. The largest absolute Gasteiger partial charge is 0.508 e. The summed E-state index contributed by atoms with van der Waals surface area (Å²) in [5, 5.41) is 36.9. The number of piperazine rings is 1. The molecule has 4 aromatic carbocycles. The first-order valence-corrected chi connectivity index (χ1v) is 30.0. The van der Waals surface area contributed by atoms with Crippen molar-refractivity contribution in [1.29, 1.82) is 0 Å². The number of carbonyl (C=O) groups is 3. The van der Waals surface area contributed by atoms with E-state index in [1.807, 2.05) is 31.4 Å². The molecule has 7 aromatic rings. The van der Waals surface area contributed by atoms with Gasteiger partial charge in [0.15, 0.2) is 5.82 Å². The summed E-state index contributed by atoms with van der Waals surface area (Å²) in [7, 11) is 5.02. The molecule has 0 unspecified atom stereocenters. The molecule has 79 heavy (non-hydrogen) atoms. The summed E-state index contributed by atoms with van der Waals surface area (Å²) >= 11 is 0. The molecule has 0 bridgehead atoms. The minimum Gasteiger partial charge on any atom is -0.508 e. The average Bonchev–Trinajstić information content (AvgIpc) is 4.26. The fraction of sp³-hybridized carbons (Fsp3) is 0.441. The standard InChI is InChI=1S/C59H69FN10O7S2/c1-38(2)47-35-49(54(72)36-53(47)71)55-62-61-39(3)70(55)44-13-15-52-43(34-44)19-24-66(52)23-18-40-16-21-65(22-17-40)20-7-30-78-79-31-29-77-59(76)64(4)37-69-58(75)46-9-6-5-8-45(46)51(63-69)33-41-10-14-50(60)48(32-41)57(74)68-27-25-67(26-28-68)56(73)42-11-12-42/h5-6,8-10,13-15,19,24,32,34-36,38,40,42,71-72H,7,11-12,16-18,20-23,25-31,33,37H2,1-4H3. The van der Waals surface area contributed by atoms with Gasteiger partial charge in [0.2, 0.25) is 5.91 Å². The van der Waals surface area contributed by atoms with E-state index in [1.54, 1.807) is 68.8 Å². The zero-order chi connectivity index (χ0) is 55.3. The number of carbonyl (C=O) groups excluding carboxylic acids is 3. The average molecular weight is 1110 g/mol. The van der Waals surface area contributed by atoms with Crippen LogP contribution >= 0.6 is 21.6 Å². The highest BCUT2D eigenvalue weighted by molar-refractivity contribution is 8.76. The van der Waals surface area contributed by atoms with E-state index in [4.69, 9.17) is 4.74 Å². The molecular weight excluding hydrogens is 1040 g/mol. The Morgan fingerprint density at radius 3 is 2.34 bits per heavy atom. The lowest BCUT2D eigenvalue weighted by atomic mass is 9.93. The number of phenolic OH excluding ortho intramolecular Hbond substituents is 2. The lowest BCUT2D eigenvalue weighted by Crippen LogP contribution is -2.51. The van der Waals surface area contributed by atoms with E-state index < -0.39 is 17.8 Å². The predicted molar refractivity (Wildman–Crippen MR) is 307 cm³/mol. The highest BCUT2D eigenvalue weighted by Crippen LogP contribution is 2.39. The molecule has 1 saturated carbocycles. The zero-order valence-electron chi connectivity index (χ0n) is 45.4. The molecule has 3 amide bonds. The van der Waals surface area contributed by atoms with Gasteiger partial charge in [0.05, 0.1) is 22.2 Å². The number of fused-ring (bicyclic) bond motifs is 2. The van der Waals surface area contributed by atoms with E-state index in [9.17, 15) is 29.4 Å². The van der Waals surface area contributed by atoms with Crippen LogP contribution in [0.15, 0.2) is 89.9 Å². The molecule has 2 saturated heterocycles. The van der Waals surface area contributed by atoms with Gasteiger partial charge >= 0.3 is 6.09 Å². The van der Waals surface area contributed by atoms with Crippen molar-refractivity contribution >= 4 is 61.2 Å². The van der Waals surface area contributed by atoms with Crippen LogP contribution < -0.4 is 5.56 Å². The lowest BCUT2D eigenvalue weighted by Gasteiger charge is -2.35. The van der Waals surface area contributed by atoms with E-state index >= 15 is 4.39 Å². The van der Waals surface area contributed by atoms with E-state index in [-0.39, 0.29) is 60.1 Å². The Bertz CT molecular complexity index is 3420. The second kappa shape index (κ2) is 24.6. The molecule has 416 valence electrons. The molecule has 2 N–H and O–H groups in total. The first-order chi connectivity index (χ1) is 38.2. The first-order valence-electron chi connectivity index (χ1n) is 27.5. The lowest BCUT2D eigenvalue weighted by molar-refractivity contribution is -0.134. The third-order valence-corrected chi connectivity index (χ3v) is 18.0. The van der Waals surface area contributed by atoms with Crippen molar-refractivity contribution in [2.24, 2.45) is 11.8 Å². The van der Waals surface area contributed by atoms with Crippen molar-refractivity contribution in [3.05, 3.63) is 129 Å². The van der Waals surface area contributed by atoms with Crippen LogP contribution in [0, 0.1) is 24.6 Å². The number of hydrogen-bond donors (Lipinski definition) is 2. The number of piperidine rings is 1. The van der Waals surface area contributed by atoms with Gasteiger partial charge in [-0.25, -0.2) is 13.9 Å². The van der Waals surface area contributed by atoms with Crippen molar-refractivity contribution in [2.45, 2.75) is 84.8 Å². The van der Waals surface area contributed by atoms with Crippen molar-refractivity contribution < 1.29 is 33.7 Å². The van der Waals surface area contributed by atoms with Crippen LogP contribution in [-0.4, -0.2) is 148 Å². The second-order valence-corrected chi connectivity index (χ2v) is 24.1. The van der Waals surface area contributed by atoms with E-state index in [1.165, 1.54) is 46.1 Å². The molecule has 0 radical (unpaired) electrons. The summed E-state index contributed by atoms with van der Waals surface area (Å²) in [6.07, 6.45) is 8.19. The van der Waals surface area contributed by atoms with Gasteiger partial charge in [-0.05, 0) is 137 Å². The van der Waals surface area contributed by atoms with Crippen molar-refractivity contribution in [2.75, 3.05) is 71.0 Å². The van der Waals surface area contributed by atoms with Crippen molar-refractivity contribution in [3.63, 3.8) is 0 Å². The molecule has 3 aromatic heterocycles. The Hall–Kier alpha value is -6.90. The number of rotatable bonds is 20. The highest BCUT2D eigenvalue weighted by atomic mass is 33.1. The summed E-state index contributed by atoms with van der Waals surface area (Å²) in [6, 6.07) is 23.2. The maximum Gasteiger partial charge on any atom is 0.411 e. The minimum absolute atomic E-state index is 0.0453. The smallest absolute Gasteiger partial charge is 0.411 e. The van der Waals surface area contributed by atoms with Gasteiger partial charge < -0.3 is 34.2 Å². The van der Waals surface area contributed by atoms with Crippen LogP contribution in [0.2, 0.25) is 0 Å². The third kappa shape index (κ3) is 12.8.